The second-order valence-corrected chi connectivity index (χ2v) is 16.1. The molecule has 8 heteroatoms. The van der Waals surface area contributed by atoms with Crippen LogP contribution >= 0.6 is 11.3 Å². The molecule has 0 fully saturated rings. The van der Waals surface area contributed by atoms with E-state index in [9.17, 15) is 13.2 Å². The molecule has 0 saturated heterocycles. The molecule has 0 unspecified atom stereocenters. The standard InChI is InChI=1S/C43H24BNO4S2/c46-43-29-10-2-6-18-39(29)51(47,48)40-20-19-24(21-31(40)43)25-11-7-12-27-28-13-8-15-33(42(28)44-41(25)27)45-32-14-3-4-16-35(32)49-36-23-38-30(22-34(36)45)26-9-1-5-17-37(26)50-38/h1-23,44H. The van der Waals surface area contributed by atoms with Gasteiger partial charge in [0, 0.05) is 43.1 Å². The molecule has 0 aliphatic carbocycles. The first-order valence-corrected chi connectivity index (χ1v) is 19.1. The highest BCUT2D eigenvalue weighted by atomic mass is 32.2. The topological polar surface area (TPSA) is 63.7 Å². The Hall–Kier alpha value is -5.96. The van der Waals surface area contributed by atoms with Crippen LogP contribution in [0.15, 0.2) is 149 Å². The molecule has 0 radical (unpaired) electrons. The fourth-order valence-electron chi connectivity index (χ4n) is 8.19. The summed E-state index contributed by atoms with van der Waals surface area (Å²) < 4.78 is 36.1. The zero-order valence-corrected chi connectivity index (χ0v) is 28.5. The monoisotopic (exact) mass is 693 g/mol. The van der Waals surface area contributed by atoms with Gasteiger partial charge in [-0.25, -0.2) is 8.42 Å². The summed E-state index contributed by atoms with van der Waals surface area (Å²) in [4.78, 5) is 16.1. The molecule has 0 bridgehead atoms. The molecular weight excluding hydrogens is 669 g/mol. The first-order chi connectivity index (χ1) is 25.0. The van der Waals surface area contributed by atoms with Gasteiger partial charge < -0.3 is 9.64 Å². The Kier molecular flexibility index (Phi) is 5.82. The number of fused-ring (bicyclic) bond motifs is 10. The van der Waals surface area contributed by atoms with Crippen LogP contribution in [0, 0.1) is 0 Å². The molecule has 8 aromatic rings. The zero-order valence-electron chi connectivity index (χ0n) is 26.9. The number of hydrogen-bond donors (Lipinski definition) is 0. The van der Waals surface area contributed by atoms with Gasteiger partial charge in [0.25, 0.3) is 0 Å². The van der Waals surface area contributed by atoms with Crippen LogP contribution < -0.4 is 20.6 Å². The fourth-order valence-corrected chi connectivity index (χ4v) is 10.9. The molecule has 11 rings (SSSR count). The molecule has 0 amide bonds. The summed E-state index contributed by atoms with van der Waals surface area (Å²) >= 11 is 1.78. The normalized spacial score (nSPS) is 14.5. The van der Waals surface area contributed by atoms with Crippen molar-refractivity contribution in [1.82, 2.24) is 0 Å². The van der Waals surface area contributed by atoms with E-state index in [0.29, 0.717) is 7.28 Å². The average molecular weight is 694 g/mol. The molecule has 0 atom stereocenters. The third kappa shape index (κ3) is 3.97. The molecule has 5 nitrogen and oxygen atoms in total. The number of nitrogens with zero attached hydrogens (tertiary/aromatic N) is 1. The van der Waals surface area contributed by atoms with Crippen molar-refractivity contribution in [3.05, 3.63) is 151 Å². The Labute approximate surface area is 298 Å². The number of anilines is 3. The van der Waals surface area contributed by atoms with Crippen molar-refractivity contribution in [3.8, 4) is 33.8 Å². The Morgan fingerprint density at radius 2 is 1.24 bits per heavy atom. The molecule has 0 spiro atoms. The van der Waals surface area contributed by atoms with Crippen LogP contribution in [0.2, 0.25) is 0 Å². The Bertz CT molecular complexity index is 2980. The van der Waals surface area contributed by atoms with Crippen LogP contribution in [-0.2, 0) is 9.84 Å². The summed E-state index contributed by atoms with van der Waals surface area (Å²) in [5, 5.41) is 2.43. The van der Waals surface area contributed by atoms with E-state index in [4.69, 9.17) is 4.74 Å². The van der Waals surface area contributed by atoms with Gasteiger partial charge in [-0.05, 0) is 82.3 Å². The number of ketones is 1. The molecule has 240 valence electrons. The first-order valence-electron chi connectivity index (χ1n) is 16.8. The van der Waals surface area contributed by atoms with Gasteiger partial charge in [0.2, 0.25) is 9.84 Å². The Morgan fingerprint density at radius 3 is 2.16 bits per heavy atom. The highest BCUT2D eigenvalue weighted by Crippen LogP contribution is 2.53. The first kappa shape index (κ1) is 28.8. The van der Waals surface area contributed by atoms with Crippen molar-refractivity contribution < 1.29 is 17.9 Å². The van der Waals surface area contributed by atoms with Crippen molar-refractivity contribution in [2.24, 2.45) is 0 Å². The smallest absolute Gasteiger partial charge is 0.208 e. The molecule has 3 aliphatic rings. The number of hydrogen-bond acceptors (Lipinski definition) is 6. The van der Waals surface area contributed by atoms with E-state index in [-0.39, 0.29) is 26.7 Å². The molecule has 7 aromatic carbocycles. The summed E-state index contributed by atoms with van der Waals surface area (Å²) in [5.41, 5.74) is 9.91. The average Bonchev–Trinajstić information content (AvgIpc) is 3.73. The number of benzene rings is 7. The van der Waals surface area contributed by atoms with Crippen molar-refractivity contribution >= 4 is 82.4 Å². The number of para-hydroxylation sites is 2. The second kappa shape index (κ2) is 10.3. The van der Waals surface area contributed by atoms with E-state index in [2.05, 4.69) is 77.7 Å². The minimum absolute atomic E-state index is 0.0604. The van der Waals surface area contributed by atoms with E-state index < -0.39 is 9.84 Å². The molecule has 3 aliphatic heterocycles. The minimum Gasteiger partial charge on any atom is -0.453 e. The predicted molar refractivity (Wildman–Crippen MR) is 207 cm³/mol. The van der Waals surface area contributed by atoms with Gasteiger partial charge in [0.1, 0.15) is 0 Å². The maximum absolute atomic E-state index is 13.7. The molecule has 0 saturated carbocycles. The predicted octanol–water partition coefficient (Wildman–Crippen LogP) is 9.04. The van der Waals surface area contributed by atoms with Gasteiger partial charge >= 0.3 is 0 Å². The van der Waals surface area contributed by atoms with Gasteiger partial charge in [-0.3, -0.25) is 4.79 Å². The van der Waals surface area contributed by atoms with Gasteiger partial charge in [-0.1, -0.05) is 84.3 Å². The number of carbonyl (C=O) groups excluding carboxylic acids is 1. The van der Waals surface area contributed by atoms with Crippen molar-refractivity contribution in [2.75, 3.05) is 4.90 Å². The van der Waals surface area contributed by atoms with E-state index in [1.165, 1.54) is 31.7 Å². The lowest BCUT2D eigenvalue weighted by Crippen LogP contribution is -2.29. The molecule has 0 N–H and O–H groups in total. The number of sulfone groups is 1. The SMILES string of the molecule is O=C1c2ccccc2S(=O)(=O)c2ccc(-c3cccc4c3Bc3c-4cccc3N3c4ccccc4Oc4cc5sc6ccccc6c5cc43)cc21. The van der Waals surface area contributed by atoms with Crippen molar-refractivity contribution in [1.29, 1.82) is 0 Å². The van der Waals surface area contributed by atoms with Crippen LogP contribution in [0.3, 0.4) is 0 Å². The maximum atomic E-state index is 13.7. The van der Waals surface area contributed by atoms with Crippen LogP contribution in [0.5, 0.6) is 11.5 Å². The summed E-state index contributed by atoms with van der Waals surface area (Å²) in [6.45, 7) is 0. The second-order valence-electron chi connectivity index (χ2n) is 13.2. The largest absolute Gasteiger partial charge is 0.453 e. The highest BCUT2D eigenvalue weighted by molar-refractivity contribution is 7.91. The summed E-state index contributed by atoms with van der Waals surface area (Å²) in [6.07, 6.45) is 0. The van der Waals surface area contributed by atoms with Gasteiger partial charge in [0.15, 0.2) is 24.6 Å². The fraction of sp³-hybridized carbons (Fsp3) is 0. The maximum Gasteiger partial charge on any atom is 0.208 e. The van der Waals surface area contributed by atoms with Crippen LogP contribution in [0.1, 0.15) is 15.9 Å². The summed E-state index contributed by atoms with van der Waals surface area (Å²) in [6, 6.07) is 45.5. The summed E-state index contributed by atoms with van der Waals surface area (Å²) in [7, 11) is -3.15. The van der Waals surface area contributed by atoms with Crippen molar-refractivity contribution in [2.45, 2.75) is 9.79 Å². The van der Waals surface area contributed by atoms with E-state index in [0.717, 1.165) is 56.3 Å². The lowest BCUT2D eigenvalue weighted by Gasteiger charge is -2.34. The summed E-state index contributed by atoms with van der Waals surface area (Å²) in [5.74, 6) is 1.35. The third-order valence-corrected chi connectivity index (χ3v) is 13.5. The Balaban J connectivity index is 1.07. The molecule has 4 heterocycles. The lowest BCUT2D eigenvalue weighted by molar-refractivity contribution is 0.103. The molecule has 1 aromatic heterocycles. The third-order valence-electron chi connectivity index (χ3n) is 10.5. The Morgan fingerprint density at radius 1 is 0.529 bits per heavy atom. The quantitative estimate of drug-likeness (QED) is 0.169. The number of thiophene rings is 1. The molecular formula is C43H24BNO4S2. The molecule has 51 heavy (non-hydrogen) atoms. The van der Waals surface area contributed by atoms with E-state index >= 15 is 0 Å². The lowest BCUT2D eigenvalue weighted by atomic mass is 9.64. The van der Waals surface area contributed by atoms with Crippen molar-refractivity contribution in [3.63, 3.8) is 0 Å². The zero-order chi connectivity index (χ0) is 34.0. The van der Waals surface area contributed by atoms with Crippen LogP contribution in [0.25, 0.3) is 42.4 Å². The van der Waals surface area contributed by atoms with Gasteiger partial charge in [-0.15, -0.1) is 11.3 Å². The number of ether oxygens (including phenoxy) is 1. The van der Waals surface area contributed by atoms with Gasteiger partial charge in [-0.2, -0.15) is 0 Å². The van der Waals surface area contributed by atoms with Crippen LogP contribution in [0.4, 0.5) is 17.1 Å². The minimum atomic E-state index is -3.81. The van der Waals surface area contributed by atoms with Crippen LogP contribution in [-0.4, -0.2) is 21.5 Å². The van der Waals surface area contributed by atoms with Gasteiger partial charge in [0.05, 0.1) is 21.2 Å². The highest BCUT2D eigenvalue weighted by Gasteiger charge is 2.36. The van der Waals surface area contributed by atoms with E-state index in [1.54, 1.807) is 41.7 Å². The number of rotatable bonds is 2. The number of carbonyl (C=O) groups is 1. The van der Waals surface area contributed by atoms with E-state index in [1.807, 2.05) is 30.3 Å².